The molecule has 0 spiro atoms. The average Bonchev–Trinajstić information content (AvgIpc) is 3.09. The van der Waals surface area contributed by atoms with Gasteiger partial charge in [-0.25, -0.2) is 0 Å². The highest BCUT2D eigenvalue weighted by Crippen LogP contribution is 2.28. The third-order valence-electron chi connectivity index (χ3n) is 3.43. The molecule has 1 heterocycles. The fraction of sp³-hybridized carbons (Fsp3) is 0.111. The molecule has 0 bridgehead atoms. The molecule has 6 heteroatoms. The normalized spacial score (nSPS) is 10.9. The molecule has 0 radical (unpaired) electrons. The van der Waals surface area contributed by atoms with Crippen molar-refractivity contribution in [2.75, 3.05) is 14.2 Å². The second-order valence-electron chi connectivity index (χ2n) is 4.92. The lowest BCUT2D eigenvalue weighted by Crippen LogP contribution is -1.89. The Morgan fingerprint density at radius 1 is 1.04 bits per heavy atom. The first-order valence-corrected chi connectivity index (χ1v) is 7.23. The number of nitrogens with zero attached hydrogens (tertiary/aromatic N) is 2. The van der Waals surface area contributed by atoms with Crippen LogP contribution in [0.25, 0.3) is 23.6 Å². The van der Waals surface area contributed by atoms with Crippen LogP contribution in [-0.4, -0.2) is 29.5 Å². The van der Waals surface area contributed by atoms with Crippen LogP contribution in [0.4, 0.5) is 0 Å². The Kier molecular flexibility index (Phi) is 4.47. The minimum atomic E-state index is 0.0912. The van der Waals surface area contributed by atoms with Crippen molar-refractivity contribution in [1.29, 1.82) is 0 Å². The zero-order valence-corrected chi connectivity index (χ0v) is 13.3. The van der Waals surface area contributed by atoms with E-state index in [1.807, 2.05) is 18.2 Å². The van der Waals surface area contributed by atoms with Gasteiger partial charge in [0.15, 0.2) is 5.82 Å². The molecule has 1 N–H and O–H groups in total. The third kappa shape index (κ3) is 3.22. The lowest BCUT2D eigenvalue weighted by atomic mass is 10.1. The smallest absolute Gasteiger partial charge is 0.261 e. The van der Waals surface area contributed by atoms with Crippen molar-refractivity contribution < 1.29 is 19.1 Å². The number of aromatic hydroxyl groups is 1. The predicted octanol–water partition coefficient (Wildman–Crippen LogP) is 3.63. The Hall–Kier alpha value is -3.28. The van der Waals surface area contributed by atoms with Crippen LogP contribution >= 0.6 is 0 Å². The summed E-state index contributed by atoms with van der Waals surface area (Å²) in [6, 6.07) is 12.3. The van der Waals surface area contributed by atoms with Gasteiger partial charge in [-0.1, -0.05) is 17.3 Å². The predicted molar refractivity (Wildman–Crippen MR) is 89.9 cm³/mol. The summed E-state index contributed by atoms with van der Waals surface area (Å²) >= 11 is 0. The molecular formula is C18H16N2O4. The molecule has 122 valence electrons. The summed E-state index contributed by atoms with van der Waals surface area (Å²) in [4.78, 5) is 4.26. The van der Waals surface area contributed by atoms with Crippen molar-refractivity contribution >= 4 is 12.2 Å². The lowest BCUT2D eigenvalue weighted by Gasteiger charge is -2.06. The van der Waals surface area contributed by atoms with Gasteiger partial charge in [0.2, 0.25) is 0 Å². The molecule has 0 aliphatic rings. The molecular weight excluding hydrogens is 308 g/mol. The quantitative estimate of drug-likeness (QED) is 0.772. The van der Waals surface area contributed by atoms with Crippen molar-refractivity contribution in [3.05, 3.63) is 53.9 Å². The Bertz CT molecular complexity index is 871. The maximum Gasteiger partial charge on any atom is 0.261 e. The van der Waals surface area contributed by atoms with E-state index >= 15 is 0 Å². The number of phenols is 1. The number of methoxy groups -OCH3 is 2. The first-order valence-electron chi connectivity index (χ1n) is 7.23. The lowest BCUT2D eigenvalue weighted by molar-refractivity contribution is 0.394. The fourth-order valence-electron chi connectivity index (χ4n) is 2.19. The van der Waals surface area contributed by atoms with Crippen LogP contribution in [0.5, 0.6) is 17.2 Å². The monoisotopic (exact) mass is 324 g/mol. The number of phenolic OH excluding ortho intramolecular Hbond substituents is 1. The number of para-hydroxylation sites is 1. The topological polar surface area (TPSA) is 77.6 Å². The second kappa shape index (κ2) is 6.87. The standard InChI is InChI=1S/C18H16N2O4/c1-22-13-9-7-12(16(11-13)23-2)8-10-17-19-18(24-20-17)14-5-3-4-6-15(14)21/h3-11,21H,1-2H3/b10-8+. The molecule has 0 unspecified atom stereocenters. The first-order chi connectivity index (χ1) is 11.7. The summed E-state index contributed by atoms with van der Waals surface area (Å²) in [5.74, 6) is 2.13. The molecule has 0 fully saturated rings. The van der Waals surface area contributed by atoms with E-state index in [2.05, 4.69) is 10.1 Å². The first kappa shape index (κ1) is 15.6. The van der Waals surface area contributed by atoms with Crippen LogP contribution in [0.15, 0.2) is 47.0 Å². The summed E-state index contributed by atoms with van der Waals surface area (Å²) in [6.45, 7) is 0. The second-order valence-corrected chi connectivity index (χ2v) is 4.92. The Morgan fingerprint density at radius 2 is 1.88 bits per heavy atom. The Labute approximate surface area is 139 Å². The molecule has 0 aliphatic carbocycles. The van der Waals surface area contributed by atoms with E-state index in [9.17, 15) is 5.11 Å². The van der Waals surface area contributed by atoms with Crippen LogP contribution in [0.2, 0.25) is 0 Å². The van der Waals surface area contributed by atoms with Gasteiger partial charge < -0.3 is 19.1 Å². The van der Waals surface area contributed by atoms with E-state index in [0.717, 1.165) is 5.56 Å². The SMILES string of the molecule is COc1ccc(/C=C/c2noc(-c3ccccc3O)n2)c(OC)c1. The van der Waals surface area contributed by atoms with Gasteiger partial charge in [-0.15, -0.1) is 0 Å². The molecule has 0 saturated heterocycles. The summed E-state index contributed by atoms with van der Waals surface area (Å²) in [5.41, 5.74) is 1.35. The maximum absolute atomic E-state index is 9.82. The Morgan fingerprint density at radius 3 is 2.62 bits per heavy atom. The van der Waals surface area contributed by atoms with Gasteiger partial charge in [0, 0.05) is 11.6 Å². The molecule has 1 aromatic heterocycles. The highest BCUT2D eigenvalue weighted by Gasteiger charge is 2.11. The van der Waals surface area contributed by atoms with Gasteiger partial charge in [0.25, 0.3) is 5.89 Å². The zero-order valence-electron chi connectivity index (χ0n) is 13.3. The molecule has 24 heavy (non-hydrogen) atoms. The summed E-state index contributed by atoms with van der Waals surface area (Å²) in [7, 11) is 3.20. The minimum Gasteiger partial charge on any atom is -0.507 e. The molecule has 2 aromatic carbocycles. The van der Waals surface area contributed by atoms with Crippen LogP contribution < -0.4 is 9.47 Å². The summed E-state index contributed by atoms with van der Waals surface area (Å²) < 4.78 is 15.7. The molecule has 3 aromatic rings. The van der Waals surface area contributed by atoms with Crippen molar-refractivity contribution in [3.63, 3.8) is 0 Å². The molecule has 3 rings (SSSR count). The fourth-order valence-corrected chi connectivity index (χ4v) is 2.19. The molecule has 0 aliphatic heterocycles. The van der Waals surface area contributed by atoms with Crippen molar-refractivity contribution in [2.45, 2.75) is 0 Å². The van der Waals surface area contributed by atoms with E-state index < -0.39 is 0 Å². The van der Waals surface area contributed by atoms with Crippen LogP contribution in [0.1, 0.15) is 11.4 Å². The molecule has 0 amide bonds. The maximum atomic E-state index is 9.82. The van der Waals surface area contributed by atoms with Gasteiger partial charge >= 0.3 is 0 Å². The number of ether oxygens (including phenoxy) is 2. The summed E-state index contributed by atoms with van der Waals surface area (Å²) in [6.07, 6.45) is 3.52. The number of hydrogen-bond acceptors (Lipinski definition) is 6. The van der Waals surface area contributed by atoms with Crippen LogP contribution in [0.3, 0.4) is 0 Å². The average molecular weight is 324 g/mol. The van der Waals surface area contributed by atoms with Gasteiger partial charge in [0.05, 0.1) is 19.8 Å². The van der Waals surface area contributed by atoms with Gasteiger partial charge in [-0.3, -0.25) is 0 Å². The molecule has 6 nitrogen and oxygen atoms in total. The Balaban J connectivity index is 1.85. The van der Waals surface area contributed by atoms with E-state index in [-0.39, 0.29) is 11.6 Å². The van der Waals surface area contributed by atoms with Crippen molar-refractivity contribution in [1.82, 2.24) is 10.1 Å². The third-order valence-corrected chi connectivity index (χ3v) is 3.43. The number of hydrogen-bond donors (Lipinski definition) is 1. The molecule has 0 atom stereocenters. The van der Waals surface area contributed by atoms with E-state index in [1.54, 1.807) is 50.6 Å². The minimum absolute atomic E-state index is 0.0912. The highest BCUT2D eigenvalue weighted by atomic mass is 16.5. The zero-order chi connectivity index (χ0) is 16.9. The van der Waals surface area contributed by atoms with Gasteiger partial charge in [-0.2, -0.15) is 4.98 Å². The van der Waals surface area contributed by atoms with Gasteiger partial charge in [0.1, 0.15) is 17.2 Å². The number of benzene rings is 2. The van der Waals surface area contributed by atoms with E-state index in [4.69, 9.17) is 14.0 Å². The van der Waals surface area contributed by atoms with Gasteiger partial charge in [-0.05, 0) is 36.4 Å². The highest BCUT2D eigenvalue weighted by molar-refractivity contribution is 5.71. The van der Waals surface area contributed by atoms with E-state index in [0.29, 0.717) is 22.9 Å². The molecule has 0 saturated carbocycles. The number of rotatable bonds is 5. The van der Waals surface area contributed by atoms with Crippen molar-refractivity contribution in [3.8, 4) is 28.7 Å². The number of aromatic nitrogens is 2. The van der Waals surface area contributed by atoms with E-state index in [1.165, 1.54) is 0 Å². The largest absolute Gasteiger partial charge is 0.507 e. The van der Waals surface area contributed by atoms with Crippen LogP contribution in [0, 0.1) is 0 Å². The van der Waals surface area contributed by atoms with Crippen molar-refractivity contribution in [2.24, 2.45) is 0 Å². The van der Waals surface area contributed by atoms with Crippen LogP contribution in [-0.2, 0) is 0 Å². The summed E-state index contributed by atoms with van der Waals surface area (Å²) in [5, 5.41) is 13.7.